The number of rotatable bonds is 32. The minimum atomic E-state index is -4.57. The molecule has 45 heavy (non-hydrogen) atoms. The van der Waals surface area contributed by atoms with E-state index in [1.165, 1.54) is 77.0 Å². The lowest BCUT2D eigenvalue weighted by Crippen LogP contribution is -2.45. The van der Waals surface area contributed by atoms with Gasteiger partial charge in [0.1, 0.15) is 13.2 Å². The molecule has 3 unspecified atom stereocenters. The van der Waals surface area contributed by atoms with Gasteiger partial charge < -0.3 is 28.8 Å². The van der Waals surface area contributed by atoms with Crippen molar-refractivity contribution in [3.63, 3.8) is 0 Å². The molecule has 0 rings (SSSR count). The van der Waals surface area contributed by atoms with E-state index < -0.39 is 20.0 Å². The minimum absolute atomic E-state index is 0.00248. The standard InChI is InChI=1S/C36H71N2O6P/c1-6-8-10-12-14-16-17-18-19-20-21-22-24-26-28-30-36(40)37-34(33-44-45(41,42)43-32-31-38(3,4)5)35(39)29-27-25-23-15-13-11-9-7-2/h18-19,27,29,34-35,39H,6-17,20-26,28,30-33H2,1-5H3,(H-,37,40,41,42)/b19-18-,29-27+. The molecule has 3 atom stereocenters. The molecule has 1 amide bonds. The predicted octanol–water partition coefficient (Wildman–Crippen LogP) is 8.38. The number of aliphatic hydroxyl groups is 1. The molecule has 0 aromatic heterocycles. The number of hydrogen-bond acceptors (Lipinski definition) is 6. The van der Waals surface area contributed by atoms with Crippen molar-refractivity contribution in [3.05, 3.63) is 24.3 Å². The Morgan fingerprint density at radius 3 is 1.73 bits per heavy atom. The molecule has 9 heteroatoms. The molecular weight excluding hydrogens is 587 g/mol. The van der Waals surface area contributed by atoms with Gasteiger partial charge in [0.2, 0.25) is 5.91 Å². The van der Waals surface area contributed by atoms with Gasteiger partial charge in [-0.3, -0.25) is 9.36 Å². The highest BCUT2D eigenvalue weighted by Gasteiger charge is 2.23. The van der Waals surface area contributed by atoms with Crippen LogP contribution in [-0.4, -0.2) is 68.5 Å². The second kappa shape index (κ2) is 29.1. The van der Waals surface area contributed by atoms with Crippen molar-refractivity contribution < 1.29 is 32.9 Å². The number of carbonyl (C=O) groups is 1. The number of unbranched alkanes of at least 4 members (excludes halogenated alkanes) is 17. The predicted molar refractivity (Wildman–Crippen MR) is 187 cm³/mol. The molecule has 2 N–H and O–H groups in total. The molecule has 0 aliphatic carbocycles. The molecule has 266 valence electrons. The number of nitrogens with zero attached hydrogens (tertiary/aromatic N) is 1. The molecule has 0 aliphatic heterocycles. The molecule has 0 heterocycles. The summed E-state index contributed by atoms with van der Waals surface area (Å²) in [5.74, 6) is -0.212. The molecule has 0 radical (unpaired) electrons. The number of phosphoric acid groups is 1. The summed E-state index contributed by atoms with van der Waals surface area (Å²) < 4.78 is 23.0. The van der Waals surface area contributed by atoms with Crippen molar-refractivity contribution in [2.45, 2.75) is 161 Å². The van der Waals surface area contributed by atoms with Crippen LogP contribution in [0.1, 0.15) is 149 Å². The second-order valence-corrected chi connectivity index (χ2v) is 15.0. The summed E-state index contributed by atoms with van der Waals surface area (Å²) in [7, 11) is 1.25. The van der Waals surface area contributed by atoms with Crippen LogP contribution in [0, 0.1) is 0 Å². The van der Waals surface area contributed by atoms with Gasteiger partial charge in [-0.15, -0.1) is 0 Å². The number of phosphoric ester groups is 1. The molecule has 0 aromatic rings. The Hall–Kier alpha value is -1.02. The SMILES string of the molecule is CCCCCCCC/C=C\CCCCCCCC(=O)NC(COP(=O)([O-])OCC[N+](C)(C)C)C(O)/C=C/CCCCCCCC. The molecule has 0 fully saturated rings. The van der Waals surface area contributed by atoms with Gasteiger partial charge in [-0.05, 0) is 44.9 Å². The molecule has 8 nitrogen and oxygen atoms in total. The fourth-order valence-corrected chi connectivity index (χ4v) is 5.63. The molecule has 0 aliphatic rings. The summed E-state index contributed by atoms with van der Waals surface area (Å²) >= 11 is 0. The second-order valence-electron chi connectivity index (χ2n) is 13.6. The molecule has 0 saturated carbocycles. The van der Waals surface area contributed by atoms with Crippen LogP contribution in [-0.2, 0) is 18.4 Å². The summed E-state index contributed by atoms with van der Waals surface area (Å²) in [4.78, 5) is 25.0. The zero-order valence-electron chi connectivity index (χ0n) is 29.8. The maximum Gasteiger partial charge on any atom is 0.268 e. The third-order valence-electron chi connectivity index (χ3n) is 7.91. The van der Waals surface area contributed by atoms with Gasteiger partial charge in [0.05, 0.1) is 39.9 Å². The normalized spacial score (nSPS) is 15.1. The van der Waals surface area contributed by atoms with Crippen molar-refractivity contribution in [2.75, 3.05) is 40.9 Å². The van der Waals surface area contributed by atoms with E-state index in [2.05, 4.69) is 31.3 Å². The van der Waals surface area contributed by atoms with Crippen LogP contribution in [0.15, 0.2) is 24.3 Å². The van der Waals surface area contributed by atoms with E-state index >= 15 is 0 Å². The van der Waals surface area contributed by atoms with Gasteiger partial charge in [-0.1, -0.05) is 122 Å². The van der Waals surface area contributed by atoms with Gasteiger partial charge in [0, 0.05) is 6.42 Å². The Kier molecular flexibility index (Phi) is 28.5. The first-order valence-corrected chi connectivity index (χ1v) is 19.7. The Morgan fingerprint density at radius 2 is 1.22 bits per heavy atom. The summed E-state index contributed by atoms with van der Waals surface area (Å²) in [5.41, 5.74) is 0. The smallest absolute Gasteiger partial charge is 0.268 e. The van der Waals surface area contributed by atoms with Crippen LogP contribution >= 0.6 is 7.82 Å². The largest absolute Gasteiger partial charge is 0.756 e. The molecule has 0 saturated heterocycles. The number of aliphatic hydroxyl groups excluding tert-OH is 1. The van der Waals surface area contributed by atoms with Crippen molar-refractivity contribution in [1.29, 1.82) is 0 Å². The zero-order valence-corrected chi connectivity index (χ0v) is 30.7. The highest BCUT2D eigenvalue weighted by Crippen LogP contribution is 2.38. The number of allylic oxidation sites excluding steroid dienone is 3. The highest BCUT2D eigenvalue weighted by atomic mass is 31.2. The molecule has 0 spiro atoms. The summed E-state index contributed by atoms with van der Waals surface area (Å²) in [6.07, 6.45) is 30.8. The van der Waals surface area contributed by atoms with E-state index in [9.17, 15) is 19.4 Å². The summed E-state index contributed by atoms with van der Waals surface area (Å²) in [5, 5.41) is 13.6. The lowest BCUT2D eigenvalue weighted by atomic mass is 10.1. The number of quaternary nitrogens is 1. The quantitative estimate of drug-likeness (QED) is 0.0325. The average molecular weight is 659 g/mol. The van der Waals surface area contributed by atoms with Crippen molar-refractivity contribution in [2.24, 2.45) is 0 Å². The Balaban J connectivity index is 4.49. The number of nitrogens with one attached hydrogen (secondary N) is 1. The van der Waals surface area contributed by atoms with E-state index in [1.807, 2.05) is 27.2 Å². The maximum absolute atomic E-state index is 12.7. The molecular formula is C36H71N2O6P. The van der Waals surface area contributed by atoms with Crippen LogP contribution in [0.25, 0.3) is 0 Å². The van der Waals surface area contributed by atoms with Crippen molar-refractivity contribution >= 4 is 13.7 Å². The van der Waals surface area contributed by atoms with Gasteiger partial charge >= 0.3 is 0 Å². The van der Waals surface area contributed by atoms with Gasteiger partial charge in [0.25, 0.3) is 7.82 Å². The van der Waals surface area contributed by atoms with Crippen LogP contribution in [0.5, 0.6) is 0 Å². The van der Waals surface area contributed by atoms with E-state index in [0.29, 0.717) is 17.4 Å². The molecule has 0 bridgehead atoms. The van der Waals surface area contributed by atoms with Crippen molar-refractivity contribution in [3.8, 4) is 0 Å². The first-order chi connectivity index (χ1) is 21.5. The third kappa shape index (κ3) is 31.4. The minimum Gasteiger partial charge on any atom is -0.756 e. The van der Waals surface area contributed by atoms with E-state index in [4.69, 9.17) is 9.05 Å². The first-order valence-electron chi connectivity index (χ1n) is 18.2. The van der Waals surface area contributed by atoms with Gasteiger partial charge in [0.15, 0.2) is 0 Å². The third-order valence-corrected chi connectivity index (χ3v) is 8.87. The lowest BCUT2D eigenvalue weighted by molar-refractivity contribution is -0.870. The first kappa shape index (κ1) is 44.0. The number of carbonyl (C=O) groups excluding carboxylic acids is 1. The molecule has 0 aromatic carbocycles. The average Bonchev–Trinajstić information content (AvgIpc) is 2.97. The Labute approximate surface area is 277 Å². The van der Waals surface area contributed by atoms with E-state index in [1.54, 1.807) is 6.08 Å². The number of hydrogen-bond donors (Lipinski definition) is 2. The fraction of sp³-hybridized carbons (Fsp3) is 0.861. The summed E-state index contributed by atoms with van der Waals surface area (Å²) in [6, 6.07) is -0.884. The lowest BCUT2D eigenvalue weighted by Gasteiger charge is -2.29. The topological polar surface area (TPSA) is 108 Å². The van der Waals surface area contributed by atoms with Crippen LogP contribution in [0.2, 0.25) is 0 Å². The monoisotopic (exact) mass is 659 g/mol. The van der Waals surface area contributed by atoms with E-state index in [0.717, 1.165) is 51.4 Å². The highest BCUT2D eigenvalue weighted by molar-refractivity contribution is 7.45. The zero-order chi connectivity index (χ0) is 33.7. The summed E-state index contributed by atoms with van der Waals surface area (Å²) in [6.45, 7) is 4.56. The Bertz CT molecular complexity index is 799. The van der Waals surface area contributed by atoms with Crippen LogP contribution in [0.3, 0.4) is 0 Å². The van der Waals surface area contributed by atoms with Crippen LogP contribution in [0.4, 0.5) is 0 Å². The number of likely N-dealkylation sites (N-methyl/N-ethyl adjacent to an activating group) is 1. The van der Waals surface area contributed by atoms with Crippen LogP contribution < -0.4 is 10.2 Å². The van der Waals surface area contributed by atoms with E-state index in [-0.39, 0.29) is 19.1 Å². The van der Waals surface area contributed by atoms with Gasteiger partial charge in [-0.25, -0.2) is 0 Å². The maximum atomic E-state index is 12.7. The van der Waals surface area contributed by atoms with Gasteiger partial charge in [-0.2, -0.15) is 0 Å². The van der Waals surface area contributed by atoms with Crippen molar-refractivity contribution in [1.82, 2.24) is 5.32 Å². The fourth-order valence-electron chi connectivity index (χ4n) is 4.91. The Morgan fingerprint density at radius 1 is 0.756 bits per heavy atom. The number of amides is 1.